The molecule has 1 aromatic carbocycles. The van der Waals surface area contributed by atoms with Crippen LogP contribution >= 0.6 is 0 Å². The summed E-state index contributed by atoms with van der Waals surface area (Å²) < 4.78 is 4.94. The zero-order valence-corrected chi connectivity index (χ0v) is 4.16. The summed E-state index contributed by atoms with van der Waals surface area (Å²) in [5, 5.41) is 0. The van der Waals surface area contributed by atoms with Crippen LogP contribution in [0.2, 0.25) is 0 Å². The predicted molar refractivity (Wildman–Crippen MR) is 28.6 cm³/mol. The summed E-state index contributed by atoms with van der Waals surface area (Å²) in [7, 11) is 0. The summed E-state index contributed by atoms with van der Waals surface area (Å²) in [5.74, 6) is 2.06. The van der Waals surface area contributed by atoms with Gasteiger partial charge in [0.1, 0.15) is 0 Å². The summed E-state index contributed by atoms with van der Waals surface area (Å²) in [6, 6.07) is 7.84. The molecule has 1 aliphatic heterocycles. The van der Waals surface area contributed by atoms with Gasteiger partial charge in [-0.1, -0.05) is 12.1 Å². The van der Waals surface area contributed by atoms with Gasteiger partial charge in [-0.3, -0.25) is 0 Å². The van der Waals surface area contributed by atoms with Crippen molar-refractivity contribution in [1.29, 1.82) is 0 Å². The molecular weight excluding hydrogens is 102 g/mol. The van der Waals surface area contributed by atoms with Gasteiger partial charge in [-0.25, -0.2) is 0 Å². The third kappa shape index (κ3) is 0.550. The molecule has 0 unspecified atom stereocenters. The minimum absolute atomic E-state index is 0. The number of benzene rings is 1. The van der Waals surface area contributed by atoms with Crippen LogP contribution < -0.4 is 10.9 Å². The van der Waals surface area contributed by atoms with Gasteiger partial charge in [-0.2, -0.15) is 0 Å². The molecule has 2 heteroatoms. The second-order valence-electron chi connectivity index (χ2n) is 1.55. The normalized spacial score (nSPS) is 10.5. The highest BCUT2D eigenvalue weighted by Crippen LogP contribution is 2.43. The second kappa shape index (κ2) is 1.49. The van der Waals surface area contributed by atoms with E-state index in [2.05, 4.69) is 0 Å². The lowest BCUT2D eigenvalue weighted by atomic mass is 10.4. The first-order valence-corrected chi connectivity index (χ1v) is 2.24. The molecule has 0 N–H and O–H groups in total. The van der Waals surface area contributed by atoms with Crippen molar-refractivity contribution in [3.63, 3.8) is 0 Å². The van der Waals surface area contributed by atoms with E-state index >= 15 is 0 Å². The van der Waals surface area contributed by atoms with Gasteiger partial charge in [-0.15, -0.1) is 0 Å². The maximum Gasteiger partial charge on any atom is 0.170 e. The van der Waals surface area contributed by atoms with Gasteiger partial charge in [0.05, 0.1) is 0 Å². The lowest BCUT2D eigenvalue weighted by molar-refractivity contribution is 0.650. The van der Waals surface area contributed by atoms with Gasteiger partial charge in [0.2, 0.25) is 0 Å². The maximum atomic E-state index is 4.94. The van der Waals surface area contributed by atoms with Crippen LogP contribution in [-0.4, -0.2) is 0 Å². The predicted octanol–water partition coefficient (Wildman–Crippen LogP) is 1.31. The monoisotopic (exact) mass is 106 g/mol. The summed E-state index contributed by atoms with van der Waals surface area (Å²) >= 11 is 0. The molecule has 1 aliphatic rings. The minimum Gasteiger partial charge on any atom is -0.450 e. The van der Waals surface area contributed by atoms with Gasteiger partial charge >= 0.3 is 0 Å². The first-order valence-electron chi connectivity index (χ1n) is 2.24. The SMILES string of the molecule is [N].c1ccc2c(c1)O2. The molecule has 0 aliphatic carbocycles. The van der Waals surface area contributed by atoms with E-state index in [1.165, 1.54) is 0 Å². The molecule has 0 fully saturated rings. The van der Waals surface area contributed by atoms with Gasteiger partial charge in [0, 0.05) is 6.15 Å². The fourth-order valence-electron chi connectivity index (χ4n) is 0.611. The molecule has 0 saturated carbocycles. The topological polar surface area (TPSA) is 43.0 Å². The quantitative estimate of drug-likeness (QED) is 0.467. The van der Waals surface area contributed by atoms with Crippen molar-refractivity contribution in [2.75, 3.05) is 0 Å². The highest BCUT2D eigenvalue weighted by Gasteiger charge is 2.15. The first-order chi connectivity index (χ1) is 3.47. The highest BCUT2D eigenvalue weighted by molar-refractivity contribution is 5.53. The third-order valence-electron chi connectivity index (χ3n) is 1.03. The van der Waals surface area contributed by atoms with Crippen LogP contribution in [-0.2, 0) is 0 Å². The zero-order chi connectivity index (χ0) is 4.69. The fourth-order valence-corrected chi connectivity index (χ4v) is 0.611. The molecule has 8 heavy (non-hydrogen) atoms. The van der Waals surface area contributed by atoms with E-state index < -0.39 is 0 Å². The molecule has 0 atom stereocenters. The van der Waals surface area contributed by atoms with E-state index in [1.807, 2.05) is 24.3 Å². The lowest BCUT2D eigenvalue weighted by Crippen LogP contribution is -1.37. The molecule has 1 aromatic rings. The Morgan fingerprint density at radius 2 is 1.50 bits per heavy atom. The van der Waals surface area contributed by atoms with Gasteiger partial charge in [0.15, 0.2) is 11.5 Å². The third-order valence-corrected chi connectivity index (χ3v) is 1.03. The van der Waals surface area contributed by atoms with Crippen molar-refractivity contribution in [3.05, 3.63) is 24.3 Å². The Labute approximate surface area is 47.7 Å². The van der Waals surface area contributed by atoms with E-state index in [1.54, 1.807) is 0 Å². The molecule has 0 spiro atoms. The first kappa shape index (κ1) is 5.12. The van der Waals surface area contributed by atoms with E-state index in [0.717, 1.165) is 11.5 Å². The standard InChI is InChI=1S/C6H4O.N/c1-2-4-6-5(3-1)7-6;/h1-4H;. The molecule has 0 bridgehead atoms. The lowest BCUT2D eigenvalue weighted by Gasteiger charge is -1.61. The van der Waals surface area contributed by atoms with Crippen molar-refractivity contribution >= 4 is 0 Å². The Kier molecular flexibility index (Phi) is 0.954. The van der Waals surface area contributed by atoms with Gasteiger partial charge in [0.25, 0.3) is 0 Å². The molecule has 0 aromatic heterocycles. The molecule has 1 heterocycles. The summed E-state index contributed by atoms with van der Waals surface area (Å²) in [6.07, 6.45) is 0. The molecular formula is C6H4NO. The number of para-hydroxylation sites is 2. The maximum absolute atomic E-state index is 4.94. The summed E-state index contributed by atoms with van der Waals surface area (Å²) in [6.45, 7) is 0. The number of ether oxygens (including phenoxy) is 1. The molecule has 0 amide bonds. The Hall–Kier alpha value is -1.02. The van der Waals surface area contributed by atoms with Crippen LogP contribution in [0.25, 0.3) is 0 Å². The highest BCUT2D eigenvalue weighted by atomic mass is 16.6. The van der Waals surface area contributed by atoms with Crippen LogP contribution in [0, 0.1) is 0 Å². The van der Waals surface area contributed by atoms with Crippen molar-refractivity contribution in [3.8, 4) is 11.5 Å². The van der Waals surface area contributed by atoms with Crippen LogP contribution in [0.4, 0.5) is 0 Å². The zero-order valence-electron chi connectivity index (χ0n) is 4.16. The minimum atomic E-state index is 0. The number of nitrogens with zero attached hydrogens (tertiary/aromatic N) is 1. The van der Waals surface area contributed by atoms with E-state index in [-0.39, 0.29) is 6.15 Å². The molecule has 3 radical (unpaired) electrons. The molecule has 0 saturated heterocycles. The van der Waals surface area contributed by atoms with Crippen LogP contribution in [0.3, 0.4) is 0 Å². The van der Waals surface area contributed by atoms with E-state index in [4.69, 9.17) is 4.74 Å². The number of hydrogen-bond acceptors (Lipinski definition) is 1. The Morgan fingerprint density at radius 3 is 1.88 bits per heavy atom. The molecule has 2 rings (SSSR count). The number of hydrogen-bond donors (Lipinski definition) is 0. The second-order valence-corrected chi connectivity index (χ2v) is 1.55. The summed E-state index contributed by atoms with van der Waals surface area (Å²) in [5.41, 5.74) is 0. The largest absolute Gasteiger partial charge is 0.450 e. The van der Waals surface area contributed by atoms with Crippen molar-refractivity contribution < 1.29 is 4.74 Å². The van der Waals surface area contributed by atoms with Crippen molar-refractivity contribution in [1.82, 2.24) is 6.15 Å². The summed E-state index contributed by atoms with van der Waals surface area (Å²) in [4.78, 5) is 0. The molecule has 39 valence electrons. The van der Waals surface area contributed by atoms with Crippen molar-refractivity contribution in [2.45, 2.75) is 0 Å². The number of rotatable bonds is 0. The average Bonchev–Trinajstić information content (AvgIpc) is 2.41. The smallest absolute Gasteiger partial charge is 0.170 e. The Balaban J connectivity index is 0.000000320. The Bertz CT molecular complexity index is 176. The van der Waals surface area contributed by atoms with Crippen LogP contribution in [0.5, 0.6) is 11.5 Å². The van der Waals surface area contributed by atoms with E-state index in [9.17, 15) is 0 Å². The number of fused-ring (bicyclic) bond motifs is 1. The Morgan fingerprint density at radius 1 is 1.00 bits per heavy atom. The molecule has 2 nitrogen and oxygen atoms in total. The average molecular weight is 106 g/mol. The fraction of sp³-hybridized carbons (Fsp3) is 0. The van der Waals surface area contributed by atoms with Gasteiger partial charge < -0.3 is 4.74 Å². The van der Waals surface area contributed by atoms with Crippen molar-refractivity contribution in [2.24, 2.45) is 0 Å². The van der Waals surface area contributed by atoms with E-state index in [0.29, 0.717) is 0 Å². The van der Waals surface area contributed by atoms with Crippen LogP contribution in [0.15, 0.2) is 24.3 Å². The van der Waals surface area contributed by atoms with Gasteiger partial charge in [-0.05, 0) is 12.1 Å². The van der Waals surface area contributed by atoms with Crippen LogP contribution in [0.1, 0.15) is 0 Å².